The zero-order valence-corrected chi connectivity index (χ0v) is 24.0. The summed E-state index contributed by atoms with van der Waals surface area (Å²) < 4.78 is 13.5. The van der Waals surface area contributed by atoms with E-state index in [4.69, 9.17) is 9.47 Å². The summed E-state index contributed by atoms with van der Waals surface area (Å²) in [5.41, 5.74) is 9.73. The highest BCUT2D eigenvalue weighted by atomic mass is 16.5. The Hall–Kier alpha value is -4.34. The third-order valence-corrected chi connectivity index (χ3v) is 7.86. The van der Waals surface area contributed by atoms with Crippen molar-refractivity contribution >= 4 is 21.8 Å². The van der Waals surface area contributed by atoms with Gasteiger partial charge in [0.05, 0.1) is 17.6 Å². The maximum atomic E-state index is 6.01. The van der Waals surface area contributed by atoms with Crippen LogP contribution in [-0.2, 0) is 4.74 Å². The van der Waals surface area contributed by atoms with Gasteiger partial charge in [-0.1, -0.05) is 78.7 Å². The smallest absolute Gasteiger partial charge is 0.119 e. The maximum Gasteiger partial charge on any atom is 0.119 e. The number of aryl methyl sites for hydroxylation is 1. The third kappa shape index (κ3) is 5.91. The minimum absolute atomic E-state index is 0.751. The number of aromatic nitrogens is 1. The second-order valence-corrected chi connectivity index (χ2v) is 10.8. The Bertz CT molecular complexity index is 1730. The van der Waals surface area contributed by atoms with Gasteiger partial charge in [0, 0.05) is 30.2 Å². The molecule has 0 amide bonds. The molecule has 5 aromatic carbocycles. The highest BCUT2D eigenvalue weighted by Crippen LogP contribution is 2.37. The summed E-state index contributed by atoms with van der Waals surface area (Å²) in [6.45, 7) is 3.72. The number of benzene rings is 5. The molecule has 0 N–H and O–H groups in total. The van der Waals surface area contributed by atoms with Crippen LogP contribution in [0.5, 0.6) is 5.75 Å². The molecule has 0 radical (unpaired) electrons. The lowest BCUT2D eigenvalue weighted by Crippen LogP contribution is -1.97. The van der Waals surface area contributed by atoms with Crippen LogP contribution in [0.25, 0.3) is 49.7 Å². The fourth-order valence-electron chi connectivity index (χ4n) is 5.62. The van der Waals surface area contributed by atoms with Crippen molar-refractivity contribution in [2.24, 2.45) is 0 Å². The van der Waals surface area contributed by atoms with Gasteiger partial charge in [0.1, 0.15) is 5.75 Å². The van der Waals surface area contributed by atoms with E-state index in [1.54, 1.807) is 7.11 Å². The second kappa shape index (κ2) is 12.4. The van der Waals surface area contributed by atoms with E-state index < -0.39 is 0 Å². The Kier molecular flexibility index (Phi) is 8.16. The number of methoxy groups -OCH3 is 1. The van der Waals surface area contributed by atoms with E-state index in [0.717, 1.165) is 31.8 Å². The van der Waals surface area contributed by atoms with Crippen LogP contribution >= 0.6 is 0 Å². The first-order chi connectivity index (χ1) is 20.2. The fraction of sp³-hybridized carbons (Fsp3) is 0.211. The zero-order chi connectivity index (χ0) is 28.0. The predicted molar refractivity (Wildman–Crippen MR) is 172 cm³/mol. The van der Waals surface area contributed by atoms with E-state index >= 15 is 0 Å². The van der Waals surface area contributed by atoms with Crippen molar-refractivity contribution in [1.82, 2.24) is 4.57 Å². The fourth-order valence-corrected chi connectivity index (χ4v) is 5.62. The first kappa shape index (κ1) is 26.9. The Morgan fingerprint density at radius 1 is 0.537 bits per heavy atom. The van der Waals surface area contributed by atoms with Crippen LogP contribution in [-0.4, -0.2) is 24.9 Å². The number of rotatable bonds is 11. The van der Waals surface area contributed by atoms with Crippen molar-refractivity contribution in [3.8, 4) is 33.7 Å². The molecule has 0 aliphatic rings. The number of fused-ring (bicyclic) bond motifs is 3. The maximum absolute atomic E-state index is 6.01. The normalized spacial score (nSPS) is 11.4. The van der Waals surface area contributed by atoms with Crippen LogP contribution in [0.4, 0.5) is 0 Å². The zero-order valence-electron chi connectivity index (χ0n) is 24.0. The molecule has 1 heterocycles. The van der Waals surface area contributed by atoms with Crippen molar-refractivity contribution < 1.29 is 9.47 Å². The number of nitrogens with zero attached hydrogens (tertiary/aromatic N) is 1. The standard InChI is InChI=1S/C38H37NO2/c1-28-12-14-29(15-13-28)31-18-22-37-35(26-31)36-27-32(19-23-38(36)39(37)33-10-6-5-7-11-33)30-16-20-34(21-17-30)41-25-9-4-3-8-24-40-2/h5-7,10-23,26-27H,3-4,8-9,24-25H2,1-2H3. The average molecular weight is 540 g/mol. The molecule has 3 heteroatoms. The first-order valence-electron chi connectivity index (χ1n) is 14.6. The first-order valence-corrected chi connectivity index (χ1v) is 14.6. The van der Waals surface area contributed by atoms with Crippen LogP contribution in [0, 0.1) is 6.92 Å². The molecule has 206 valence electrons. The summed E-state index contributed by atoms with van der Waals surface area (Å²) >= 11 is 0. The number of para-hydroxylation sites is 1. The molecule has 1 aromatic heterocycles. The Balaban J connectivity index is 1.32. The van der Waals surface area contributed by atoms with Gasteiger partial charge < -0.3 is 14.0 Å². The molecule has 0 fully saturated rings. The van der Waals surface area contributed by atoms with E-state index in [1.165, 1.54) is 68.2 Å². The predicted octanol–water partition coefficient (Wildman–Crippen LogP) is 10.0. The van der Waals surface area contributed by atoms with Gasteiger partial charge in [-0.05, 0) is 97.0 Å². The Morgan fingerprint density at radius 2 is 1.07 bits per heavy atom. The van der Waals surface area contributed by atoms with Crippen LogP contribution < -0.4 is 4.74 Å². The quantitative estimate of drug-likeness (QED) is 0.153. The molecule has 0 saturated heterocycles. The highest BCUT2D eigenvalue weighted by molar-refractivity contribution is 6.11. The summed E-state index contributed by atoms with van der Waals surface area (Å²) in [4.78, 5) is 0. The van der Waals surface area contributed by atoms with Crippen molar-refractivity contribution in [1.29, 1.82) is 0 Å². The number of ether oxygens (including phenoxy) is 2. The molecule has 0 atom stereocenters. The van der Waals surface area contributed by atoms with Crippen LogP contribution in [0.1, 0.15) is 31.2 Å². The third-order valence-electron chi connectivity index (χ3n) is 7.86. The summed E-state index contributed by atoms with van der Waals surface area (Å²) in [5.74, 6) is 0.926. The van der Waals surface area contributed by atoms with Gasteiger partial charge in [-0.25, -0.2) is 0 Å². The highest BCUT2D eigenvalue weighted by Gasteiger charge is 2.14. The largest absolute Gasteiger partial charge is 0.494 e. The summed E-state index contributed by atoms with van der Waals surface area (Å²) in [6, 6.07) is 41.6. The summed E-state index contributed by atoms with van der Waals surface area (Å²) in [6.07, 6.45) is 4.54. The molecule has 0 aliphatic heterocycles. The molecule has 0 unspecified atom stereocenters. The van der Waals surface area contributed by atoms with Gasteiger partial charge >= 0.3 is 0 Å². The minimum atomic E-state index is 0.751. The SMILES string of the molecule is COCCCCCCOc1ccc(-c2ccc3c(c2)c2cc(-c4ccc(C)cc4)ccc2n3-c2ccccc2)cc1. The molecule has 6 rings (SSSR count). The van der Waals surface area contributed by atoms with E-state index in [9.17, 15) is 0 Å². The number of hydrogen-bond acceptors (Lipinski definition) is 2. The molecular weight excluding hydrogens is 502 g/mol. The van der Waals surface area contributed by atoms with Crippen LogP contribution in [0.2, 0.25) is 0 Å². The van der Waals surface area contributed by atoms with E-state index in [2.05, 4.69) is 127 Å². The van der Waals surface area contributed by atoms with Gasteiger partial charge in [0.15, 0.2) is 0 Å². The number of hydrogen-bond donors (Lipinski definition) is 0. The van der Waals surface area contributed by atoms with E-state index in [-0.39, 0.29) is 0 Å². The summed E-state index contributed by atoms with van der Waals surface area (Å²) in [7, 11) is 1.76. The van der Waals surface area contributed by atoms with Gasteiger partial charge in [0.25, 0.3) is 0 Å². The molecule has 0 aliphatic carbocycles. The van der Waals surface area contributed by atoms with Crippen molar-refractivity contribution in [3.63, 3.8) is 0 Å². The molecule has 0 spiro atoms. The van der Waals surface area contributed by atoms with Crippen molar-refractivity contribution in [2.45, 2.75) is 32.6 Å². The average Bonchev–Trinajstić information content (AvgIpc) is 3.35. The van der Waals surface area contributed by atoms with Gasteiger partial charge in [-0.3, -0.25) is 0 Å². The number of unbranched alkanes of at least 4 members (excludes halogenated alkanes) is 3. The lowest BCUT2D eigenvalue weighted by atomic mass is 10.00. The van der Waals surface area contributed by atoms with Gasteiger partial charge in [-0.15, -0.1) is 0 Å². The minimum Gasteiger partial charge on any atom is -0.494 e. The molecule has 41 heavy (non-hydrogen) atoms. The lowest BCUT2D eigenvalue weighted by molar-refractivity contribution is 0.191. The Labute approximate surface area is 243 Å². The Morgan fingerprint density at radius 3 is 1.66 bits per heavy atom. The molecular formula is C38H37NO2. The molecule has 3 nitrogen and oxygen atoms in total. The monoisotopic (exact) mass is 539 g/mol. The van der Waals surface area contributed by atoms with Gasteiger partial charge in [0.2, 0.25) is 0 Å². The molecule has 0 bridgehead atoms. The lowest BCUT2D eigenvalue weighted by Gasteiger charge is -2.09. The van der Waals surface area contributed by atoms with Crippen molar-refractivity contribution in [2.75, 3.05) is 20.3 Å². The van der Waals surface area contributed by atoms with E-state index in [1.807, 2.05) is 0 Å². The van der Waals surface area contributed by atoms with Crippen LogP contribution in [0.15, 0.2) is 115 Å². The second-order valence-electron chi connectivity index (χ2n) is 10.8. The van der Waals surface area contributed by atoms with E-state index in [0.29, 0.717) is 0 Å². The van der Waals surface area contributed by atoms with Crippen molar-refractivity contribution in [3.05, 3.63) is 121 Å². The molecule has 0 saturated carbocycles. The summed E-state index contributed by atoms with van der Waals surface area (Å²) in [5, 5.41) is 2.51. The van der Waals surface area contributed by atoms with Gasteiger partial charge in [-0.2, -0.15) is 0 Å². The van der Waals surface area contributed by atoms with Crippen LogP contribution in [0.3, 0.4) is 0 Å². The topological polar surface area (TPSA) is 23.4 Å². The molecule has 6 aromatic rings.